The van der Waals surface area contributed by atoms with Crippen LogP contribution in [-0.2, 0) is 0 Å². The molecule has 2 spiro atoms. The van der Waals surface area contributed by atoms with Crippen LogP contribution in [0.5, 0.6) is 0 Å². The molecule has 0 saturated heterocycles. The van der Waals surface area contributed by atoms with Crippen molar-refractivity contribution in [3.8, 4) is 0 Å². The van der Waals surface area contributed by atoms with Crippen molar-refractivity contribution < 1.29 is 10.2 Å². The molecule has 5 aliphatic carbocycles. The summed E-state index contributed by atoms with van der Waals surface area (Å²) in [6.07, 6.45) is 17.4. The molecule has 0 heterocycles. The molecule has 2 N–H and O–H groups in total. The van der Waals surface area contributed by atoms with Crippen LogP contribution in [0.2, 0.25) is 0 Å². The minimum atomic E-state index is -0.703. The van der Waals surface area contributed by atoms with E-state index in [1.807, 2.05) is 19.9 Å². The van der Waals surface area contributed by atoms with E-state index in [2.05, 4.69) is 40.7 Å². The average molecular weight is 443 g/mol. The number of hydrogen-bond acceptors (Lipinski definition) is 2. The monoisotopic (exact) mass is 442 g/mol. The summed E-state index contributed by atoms with van der Waals surface area (Å²) in [5.74, 6) is 3.10. The normalized spacial score (nSPS) is 52.7. The van der Waals surface area contributed by atoms with E-state index < -0.39 is 5.60 Å². The molecule has 5 saturated carbocycles. The topological polar surface area (TPSA) is 40.5 Å². The lowest BCUT2D eigenvalue weighted by molar-refractivity contribution is -0.161. The van der Waals surface area contributed by atoms with Crippen molar-refractivity contribution in [1.29, 1.82) is 0 Å². The molecule has 0 aromatic carbocycles. The zero-order valence-electron chi connectivity index (χ0n) is 22.0. The molecule has 0 aliphatic heterocycles. The zero-order chi connectivity index (χ0) is 23.4. The van der Waals surface area contributed by atoms with Crippen LogP contribution in [0.15, 0.2) is 12.2 Å². The van der Waals surface area contributed by atoms with Gasteiger partial charge in [0.1, 0.15) is 0 Å². The van der Waals surface area contributed by atoms with Crippen molar-refractivity contribution in [2.75, 3.05) is 0 Å². The molecule has 32 heavy (non-hydrogen) atoms. The Labute approximate surface area is 197 Å². The smallest absolute Gasteiger partial charge is 0.0771 e. The SMILES string of the molecule is C[C@H](C/C=C/C(C)(C)O)[C@H]1CC[C@@]2(C)[C@@H]3CCC4C(C)(C)[C@@H](O)CC[C@@]45CC35CC[C@]12C. The largest absolute Gasteiger partial charge is 0.393 e. The predicted octanol–water partition coefficient (Wildman–Crippen LogP) is 7.14. The second-order valence-electron chi connectivity index (χ2n) is 14.8. The van der Waals surface area contributed by atoms with Crippen LogP contribution in [0.4, 0.5) is 0 Å². The Morgan fingerprint density at radius 1 is 0.875 bits per heavy atom. The van der Waals surface area contributed by atoms with E-state index in [0.717, 1.165) is 30.6 Å². The Balaban J connectivity index is 1.40. The zero-order valence-corrected chi connectivity index (χ0v) is 22.0. The van der Waals surface area contributed by atoms with E-state index >= 15 is 0 Å². The molecule has 0 bridgehead atoms. The summed E-state index contributed by atoms with van der Waals surface area (Å²) in [5.41, 5.74) is 1.44. The van der Waals surface area contributed by atoms with Crippen molar-refractivity contribution in [2.24, 2.45) is 50.7 Å². The summed E-state index contributed by atoms with van der Waals surface area (Å²) in [6.45, 7) is 16.3. The molecule has 0 aromatic heterocycles. The van der Waals surface area contributed by atoms with Crippen molar-refractivity contribution in [3.63, 3.8) is 0 Å². The summed E-state index contributed by atoms with van der Waals surface area (Å²) in [4.78, 5) is 0. The Morgan fingerprint density at radius 2 is 1.53 bits per heavy atom. The maximum absolute atomic E-state index is 10.8. The minimum Gasteiger partial charge on any atom is -0.393 e. The highest BCUT2D eigenvalue weighted by atomic mass is 16.3. The first kappa shape index (κ1) is 23.4. The third-order valence-electron chi connectivity index (χ3n) is 12.9. The number of aliphatic hydroxyl groups is 2. The van der Waals surface area contributed by atoms with Gasteiger partial charge in [0.15, 0.2) is 0 Å². The first-order chi connectivity index (χ1) is 14.7. The Hall–Kier alpha value is -0.340. The first-order valence-corrected chi connectivity index (χ1v) is 13.8. The van der Waals surface area contributed by atoms with E-state index in [-0.39, 0.29) is 11.5 Å². The average Bonchev–Trinajstić information content (AvgIpc) is 3.27. The standard InChI is InChI=1S/C30H50O2/c1-20(9-8-14-25(2,3)32)21-12-15-28(7)23-11-10-22-26(4,5)24(31)13-16-29(22)19-30(23,29)18-17-27(21,28)6/h8,14,20-24,31-32H,9-13,15-19H2,1-7H3/b14-8+/t20-,21-,22?,23+,24+,27-,28+,29-,30?/m1/s1. The maximum atomic E-state index is 10.8. The Kier molecular flexibility index (Phi) is 5.02. The second-order valence-corrected chi connectivity index (χ2v) is 14.8. The highest BCUT2D eigenvalue weighted by molar-refractivity contribution is 5.30. The highest BCUT2D eigenvalue weighted by Gasteiger charge is 2.82. The summed E-state index contributed by atoms with van der Waals surface area (Å²) in [7, 11) is 0. The van der Waals surface area contributed by atoms with Crippen molar-refractivity contribution in [2.45, 2.75) is 124 Å². The van der Waals surface area contributed by atoms with E-state index in [4.69, 9.17) is 0 Å². The van der Waals surface area contributed by atoms with Gasteiger partial charge in [-0.15, -0.1) is 0 Å². The van der Waals surface area contributed by atoms with E-state index in [1.54, 1.807) is 0 Å². The minimum absolute atomic E-state index is 0.0912. The molecule has 9 atom stereocenters. The van der Waals surface area contributed by atoms with Gasteiger partial charge >= 0.3 is 0 Å². The quantitative estimate of drug-likeness (QED) is 0.454. The van der Waals surface area contributed by atoms with Crippen LogP contribution >= 0.6 is 0 Å². The van der Waals surface area contributed by atoms with E-state index in [1.165, 1.54) is 51.4 Å². The molecule has 2 unspecified atom stereocenters. The molecule has 0 amide bonds. The van der Waals surface area contributed by atoms with Gasteiger partial charge < -0.3 is 10.2 Å². The Morgan fingerprint density at radius 3 is 2.22 bits per heavy atom. The molecular formula is C30H50O2. The number of hydrogen-bond donors (Lipinski definition) is 2. The summed E-state index contributed by atoms with van der Waals surface area (Å²) < 4.78 is 0. The second kappa shape index (κ2) is 6.87. The lowest BCUT2D eigenvalue weighted by Crippen LogP contribution is -2.57. The van der Waals surface area contributed by atoms with Crippen LogP contribution in [0.1, 0.15) is 113 Å². The summed E-state index contributed by atoms with van der Waals surface area (Å²) in [6, 6.07) is 0. The summed E-state index contributed by atoms with van der Waals surface area (Å²) in [5, 5.41) is 20.9. The number of rotatable bonds is 4. The van der Waals surface area contributed by atoms with Crippen LogP contribution in [0.3, 0.4) is 0 Å². The maximum Gasteiger partial charge on any atom is 0.0771 e. The van der Waals surface area contributed by atoms with Crippen molar-refractivity contribution in [1.82, 2.24) is 0 Å². The van der Waals surface area contributed by atoms with Gasteiger partial charge in [0, 0.05) is 0 Å². The van der Waals surface area contributed by atoms with Crippen LogP contribution in [0.25, 0.3) is 0 Å². The van der Waals surface area contributed by atoms with Gasteiger partial charge in [-0.2, -0.15) is 0 Å². The molecular weight excluding hydrogens is 392 g/mol. The third-order valence-corrected chi connectivity index (χ3v) is 12.9. The lowest BCUT2D eigenvalue weighted by atomic mass is 9.42. The molecule has 0 radical (unpaired) electrons. The predicted molar refractivity (Wildman–Crippen MR) is 132 cm³/mol. The van der Waals surface area contributed by atoms with Gasteiger partial charge in [-0.1, -0.05) is 46.8 Å². The fourth-order valence-corrected chi connectivity index (χ4v) is 11.0. The highest BCUT2D eigenvalue weighted by Crippen LogP contribution is 2.89. The number of allylic oxidation sites excluding steroid dienone is 1. The van der Waals surface area contributed by atoms with E-state index in [0.29, 0.717) is 27.6 Å². The van der Waals surface area contributed by atoms with Crippen LogP contribution in [-0.4, -0.2) is 21.9 Å². The first-order valence-electron chi connectivity index (χ1n) is 13.8. The number of aliphatic hydroxyl groups excluding tert-OH is 1. The van der Waals surface area contributed by atoms with Crippen molar-refractivity contribution in [3.05, 3.63) is 12.2 Å². The van der Waals surface area contributed by atoms with Crippen LogP contribution < -0.4 is 0 Å². The van der Waals surface area contributed by atoms with Gasteiger partial charge in [0.2, 0.25) is 0 Å². The Bertz CT molecular complexity index is 791. The van der Waals surface area contributed by atoms with Gasteiger partial charge in [-0.3, -0.25) is 0 Å². The molecule has 5 fully saturated rings. The molecule has 5 rings (SSSR count). The van der Waals surface area contributed by atoms with Gasteiger partial charge in [0.25, 0.3) is 0 Å². The third kappa shape index (κ3) is 2.84. The molecule has 5 aliphatic rings. The van der Waals surface area contributed by atoms with Crippen molar-refractivity contribution >= 4 is 0 Å². The number of fused-ring (bicyclic) bond motifs is 2. The molecule has 2 heteroatoms. The lowest BCUT2D eigenvalue weighted by Gasteiger charge is -2.63. The fraction of sp³-hybridized carbons (Fsp3) is 0.933. The fourth-order valence-electron chi connectivity index (χ4n) is 11.0. The molecule has 182 valence electrons. The van der Waals surface area contributed by atoms with Gasteiger partial charge in [0.05, 0.1) is 11.7 Å². The molecule has 2 nitrogen and oxygen atoms in total. The van der Waals surface area contributed by atoms with Gasteiger partial charge in [-0.25, -0.2) is 0 Å². The van der Waals surface area contributed by atoms with Crippen LogP contribution in [0, 0.1) is 50.7 Å². The summed E-state index contributed by atoms with van der Waals surface area (Å²) >= 11 is 0. The molecule has 0 aromatic rings. The van der Waals surface area contributed by atoms with E-state index in [9.17, 15) is 10.2 Å². The van der Waals surface area contributed by atoms with Gasteiger partial charge in [-0.05, 0) is 129 Å².